The average Bonchev–Trinajstić information content (AvgIpc) is 2.47. The minimum atomic E-state index is -0.723. The van der Waals surface area contributed by atoms with Crippen LogP contribution in [0.4, 0.5) is 0 Å². The molecule has 4 aliphatic carbocycles. The highest BCUT2D eigenvalue weighted by molar-refractivity contribution is 5.15. The van der Waals surface area contributed by atoms with Gasteiger partial charge in [-0.1, -0.05) is 13.8 Å². The third-order valence-corrected chi connectivity index (χ3v) is 6.83. The Labute approximate surface area is 159 Å². The second kappa shape index (κ2) is 7.07. The molecule has 0 heterocycles. The van der Waals surface area contributed by atoms with Gasteiger partial charge in [0.2, 0.25) is 0 Å². The molecule has 4 bridgehead atoms. The lowest BCUT2D eigenvalue weighted by atomic mass is 9.40. The third-order valence-electron chi connectivity index (χ3n) is 6.83. The molecule has 0 radical (unpaired) electrons. The fourth-order valence-electron chi connectivity index (χ4n) is 7.35. The maximum Gasteiger partial charge on any atom is 0.294 e. The van der Waals surface area contributed by atoms with Gasteiger partial charge >= 0.3 is 0 Å². The van der Waals surface area contributed by atoms with Gasteiger partial charge in [0.05, 0.1) is 13.2 Å². The maximum atomic E-state index is 10.5. The van der Waals surface area contributed by atoms with E-state index < -0.39 is 10.2 Å². The molecule has 4 rings (SSSR count). The van der Waals surface area contributed by atoms with E-state index in [2.05, 4.69) is 9.68 Å². The van der Waals surface area contributed by atoms with Gasteiger partial charge in [-0.3, -0.25) is 0 Å². The van der Waals surface area contributed by atoms with Crippen LogP contribution in [0, 0.1) is 48.8 Å². The third kappa shape index (κ3) is 4.62. The molecule has 0 amide bonds. The molecule has 0 aromatic rings. The van der Waals surface area contributed by atoms with Crippen LogP contribution in [0.25, 0.3) is 0 Å². The van der Waals surface area contributed by atoms with Crippen molar-refractivity contribution in [3.8, 4) is 0 Å². The molecule has 9 heteroatoms. The molecular formula is C18H31N3O6. The Balaban J connectivity index is 1.70. The van der Waals surface area contributed by atoms with Crippen LogP contribution in [0.3, 0.4) is 0 Å². The van der Waals surface area contributed by atoms with Crippen LogP contribution in [-0.4, -0.2) is 28.9 Å². The summed E-state index contributed by atoms with van der Waals surface area (Å²) in [6.07, 6.45) is 8.10. The fraction of sp³-hybridized carbons (Fsp3) is 1.00. The largest absolute Gasteiger partial charge is 0.325 e. The Morgan fingerprint density at radius 3 is 1.74 bits per heavy atom. The van der Waals surface area contributed by atoms with Gasteiger partial charge < -0.3 is 15.4 Å². The van der Waals surface area contributed by atoms with Crippen molar-refractivity contribution >= 4 is 0 Å². The standard InChI is InChI=1S/C18H31N3O6/c1-13(8-26-20(22)23)3-16-5-15-6-17(10-16,12-18(19,7-15)11-16)4-14(2)9-27-21(24)25/h13-15H,3-12,19H2,1-2H3. The zero-order chi connectivity index (χ0) is 19.9. The summed E-state index contributed by atoms with van der Waals surface area (Å²) in [7, 11) is 0. The van der Waals surface area contributed by atoms with Crippen molar-refractivity contribution in [2.45, 2.75) is 70.8 Å². The summed E-state index contributed by atoms with van der Waals surface area (Å²) in [6.45, 7) is 4.26. The highest BCUT2D eigenvalue weighted by Gasteiger charge is 2.61. The molecule has 0 saturated heterocycles. The second-order valence-electron chi connectivity index (χ2n) is 10.0. The van der Waals surface area contributed by atoms with Crippen LogP contribution in [0.15, 0.2) is 0 Å². The van der Waals surface area contributed by atoms with Crippen LogP contribution in [0.1, 0.15) is 65.2 Å². The number of hydrogen-bond donors (Lipinski definition) is 1. The van der Waals surface area contributed by atoms with Crippen molar-refractivity contribution in [3.05, 3.63) is 20.2 Å². The second-order valence-corrected chi connectivity index (χ2v) is 10.0. The Bertz CT molecular complexity index is 558. The highest BCUT2D eigenvalue weighted by atomic mass is 17.0. The molecular weight excluding hydrogens is 354 g/mol. The van der Waals surface area contributed by atoms with E-state index in [0.29, 0.717) is 5.92 Å². The van der Waals surface area contributed by atoms with E-state index in [1.54, 1.807) is 0 Å². The van der Waals surface area contributed by atoms with Gasteiger partial charge in [-0.05, 0) is 80.0 Å². The SMILES string of the molecule is CC(CO[N+](=O)[O-])CC12CC3CC(N)(C1)CC(CC(C)CO[N+](=O)[O-])(C3)C2. The molecule has 0 aliphatic heterocycles. The fourth-order valence-corrected chi connectivity index (χ4v) is 7.35. The average molecular weight is 385 g/mol. The van der Waals surface area contributed by atoms with Gasteiger partial charge in [-0.15, -0.1) is 20.2 Å². The zero-order valence-electron chi connectivity index (χ0n) is 16.2. The lowest BCUT2D eigenvalue weighted by Gasteiger charge is -2.67. The first kappa shape index (κ1) is 20.1. The first-order valence-corrected chi connectivity index (χ1v) is 9.86. The van der Waals surface area contributed by atoms with Crippen molar-refractivity contribution in [2.24, 2.45) is 34.3 Å². The number of rotatable bonds is 10. The van der Waals surface area contributed by atoms with Crippen LogP contribution >= 0.6 is 0 Å². The van der Waals surface area contributed by atoms with Gasteiger partial charge in [0.15, 0.2) is 0 Å². The molecule has 27 heavy (non-hydrogen) atoms. The van der Waals surface area contributed by atoms with Crippen LogP contribution < -0.4 is 5.73 Å². The lowest BCUT2D eigenvalue weighted by molar-refractivity contribution is -0.759. The van der Waals surface area contributed by atoms with Crippen molar-refractivity contribution in [1.82, 2.24) is 0 Å². The molecule has 0 aromatic carbocycles. The Hall–Kier alpha value is -1.64. The molecule has 154 valence electrons. The monoisotopic (exact) mass is 385 g/mol. The molecule has 0 aromatic heterocycles. The lowest BCUT2D eigenvalue weighted by Crippen LogP contribution is -2.64. The van der Waals surface area contributed by atoms with E-state index in [1.807, 2.05) is 13.8 Å². The summed E-state index contributed by atoms with van der Waals surface area (Å²) in [4.78, 5) is 30.2. The minimum Gasteiger partial charge on any atom is -0.325 e. The number of nitrogens with two attached hydrogens (primary N) is 1. The van der Waals surface area contributed by atoms with Crippen molar-refractivity contribution in [3.63, 3.8) is 0 Å². The smallest absolute Gasteiger partial charge is 0.294 e. The Kier molecular flexibility index (Phi) is 5.26. The van der Waals surface area contributed by atoms with Gasteiger partial charge in [0.25, 0.3) is 10.2 Å². The number of nitrogens with zero attached hydrogens (tertiary/aromatic N) is 2. The molecule has 4 unspecified atom stereocenters. The van der Waals surface area contributed by atoms with E-state index in [0.717, 1.165) is 51.4 Å². The molecule has 2 N–H and O–H groups in total. The first-order chi connectivity index (χ1) is 12.5. The number of hydrogen-bond acceptors (Lipinski definition) is 7. The van der Waals surface area contributed by atoms with E-state index in [4.69, 9.17) is 5.73 Å². The van der Waals surface area contributed by atoms with Gasteiger partial charge in [0, 0.05) is 5.54 Å². The van der Waals surface area contributed by atoms with E-state index >= 15 is 0 Å². The predicted octanol–water partition coefficient (Wildman–Crippen LogP) is 3.12. The van der Waals surface area contributed by atoms with Gasteiger partial charge in [-0.25, -0.2) is 0 Å². The summed E-state index contributed by atoms with van der Waals surface area (Å²) in [5, 5.41) is 19.6. The van der Waals surface area contributed by atoms with Crippen LogP contribution in [0.5, 0.6) is 0 Å². The highest BCUT2D eigenvalue weighted by Crippen LogP contribution is 2.68. The molecule has 4 fully saturated rings. The molecule has 4 atom stereocenters. The first-order valence-electron chi connectivity index (χ1n) is 9.86. The predicted molar refractivity (Wildman–Crippen MR) is 96.4 cm³/mol. The van der Waals surface area contributed by atoms with Crippen molar-refractivity contribution < 1.29 is 19.8 Å². The van der Waals surface area contributed by atoms with Gasteiger partial charge in [0.1, 0.15) is 0 Å². The summed E-state index contributed by atoms with van der Waals surface area (Å²) in [6, 6.07) is 0. The molecule has 9 nitrogen and oxygen atoms in total. The molecule has 4 aliphatic rings. The Morgan fingerprint density at radius 1 is 0.926 bits per heavy atom. The zero-order valence-corrected chi connectivity index (χ0v) is 16.2. The van der Waals surface area contributed by atoms with Crippen LogP contribution in [0.2, 0.25) is 0 Å². The van der Waals surface area contributed by atoms with Crippen molar-refractivity contribution in [2.75, 3.05) is 13.2 Å². The van der Waals surface area contributed by atoms with Gasteiger partial charge in [-0.2, -0.15) is 0 Å². The summed E-state index contributed by atoms with van der Waals surface area (Å²) < 4.78 is 0. The summed E-state index contributed by atoms with van der Waals surface area (Å²) >= 11 is 0. The van der Waals surface area contributed by atoms with E-state index in [-0.39, 0.29) is 41.4 Å². The normalized spacial score (nSPS) is 39.0. The topological polar surface area (TPSA) is 131 Å². The van der Waals surface area contributed by atoms with E-state index in [9.17, 15) is 20.2 Å². The quantitative estimate of drug-likeness (QED) is 0.451. The molecule has 4 saturated carbocycles. The molecule has 0 spiro atoms. The van der Waals surface area contributed by atoms with Crippen LogP contribution in [-0.2, 0) is 9.68 Å². The minimum absolute atomic E-state index is 0.0996. The van der Waals surface area contributed by atoms with Crippen molar-refractivity contribution in [1.29, 1.82) is 0 Å². The Morgan fingerprint density at radius 2 is 1.37 bits per heavy atom. The van der Waals surface area contributed by atoms with E-state index in [1.165, 1.54) is 0 Å². The summed E-state index contributed by atoms with van der Waals surface area (Å²) in [5.41, 5.74) is 6.85. The maximum absolute atomic E-state index is 10.5. The summed E-state index contributed by atoms with van der Waals surface area (Å²) in [5.74, 6) is 0.781.